The zero-order valence-corrected chi connectivity index (χ0v) is 10.9. The second-order valence-electron chi connectivity index (χ2n) is 4.23. The van der Waals surface area contributed by atoms with Gasteiger partial charge >= 0.3 is 0 Å². The molecule has 0 aromatic carbocycles. The van der Waals surface area contributed by atoms with Crippen molar-refractivity contribution in [2.24, 2.45) is 11.5 Å². The second-order valence-corrected chi connectivity index (χ2v) is 4.23. The lowest BCUT2D eigenvalue weighted by Gasteiger charge is -2.20. The molecule has 0 aliphatic carbocycles. The highest BCUT2D eigenvalue weighted by Gasteiger charge is 2.00. The minimum Gasteiger partial charge on any atom is -0.330 e. The predicted octanol–water partition coefficient (Wildman–Crippen LogP) is 0.376. The van der Waals surface area contributed by atoms with Crippen molar-refractivity contribution in [2.45, 2.75) is 32.6 Å². The first-order valence-corrected chi connectivity index (χ1v) is 6.68. The Morgan fingerprint density at radius 1 is 0.875 bits per heavy atom. The summed E-state index contributed by atoms with van der Waals surface area (Å²) in [6.07, 6.45) is 4.83. The summed E-state index contributed by atoms with van der Waals surface area (Å²) >= 11 is 0. The van der Waals surface area contributed by atoms with Gasteiger partial charge in [-0.1, -0.05) is 13.3 Å². The maximum Gasteiger partial charge on any atom is 0.0107 e. The Bertz CT molecular complexity index is 124. The van der Waals surface area contributed by atoms with Crippen molar-refractivity contribution in [1.29, 1.82) is 0 Å². The van der Waals surface area contributed by atoms with Crippen LogP contribution in [0.3, 0.4) is 0 Å². The summed E-state index contributed by atoms with van der Waals surface area (Å²) in [5.41, 5.74) is 11.0. The molecular weight excluding hydrogens is 200 g/mol. The minimum atomic E-state index is 0.760. The molecule has 0 aliphatic heterocycles. The first-order chi connectivity index (χ1) is 7.85. The average Bonchev–Trinajstić information content (AvgIpc) is 2.28. The van der Waals surface area contributed by atoms with E-state index in [2.05, 4.69) is 17.1 Å². The molecule has 4 heteroatoms. The van der Waals surface area contributed by atoms with Gasteiger partial charge in [0.15, 0.2) is 0 Å². The van der Waals surface area contributed by atoms with Gasteiger partial charge in [0.2, 0.25) is 0 Å². The van der Waals surface area contributed by atoms with Crippen molar-refractivity contribution < 1.29 is 0 Å². The van der Waals surface area contributed by atoms with Crippen LogP contribution in [0.15, 0.2) is 0 Å². The third kappa shape index (κ3) is 10.4. The summed E-state index contributed by atoms with van der Waals surface area (Å²) < 4.78 is 0. The average molecular weight is 230 g/mol. The molecule has 0 spiro atoms. The smallest absolute Gasteiger partial charge is 0.0107 e. The zero-order valence-electron chi connectivity index (χ0n) is 10.9. The van der Waals surface area contributed by atoms with Gasteiger partial charge < -0.3 is 21.7 Å². The Hall–Kier alpha value is -0.160. The van der Waals surface area contributed by atoms with E-state index in [0.717, 1.165) is 52.2 Å². The number of rotatable bonds is 12. The number of unbranched alkanes of at least 4 members (excludes halogenated alkanes) is 2. The molecule has 4 nitrogen and oxygen atoms in total. The molecule has 0 atom stereocenters. The van der Waals surface area contributed by atoms with Crippen LogP contribution in [0.4, 0.5) is 0 Å². The molecule has 0 saturated heterocycles. The van der Waals surface area contributed by atoms with Crippen molar-refractivity contribution in [3.63, 3.8) is 0 Å². The fraction of sp³-hybridized carbons (Fsp3) is 1.00. The van der Waals surface area contributed by atoms with Gasteiger partial charge in [-0.25, -0.2) is 0 Å². The van der Waals surface area contributed by atoms with Crippen LogP contribution in [-0.4, -0.2) is 50.7 Å². The van der Waals surface area contributed by atoms with E-state index in [1.54, 1.807) is 0 Å². The Kier molecular flexibility index (Phi) is 12.8. The second kappa shape index (κ2) is 12.9. The largest absolute Gasteiger partial charge is 0.330 e. The SMILES string of the molecule is CCCN(CCN)CCNCCCCCN. The standard InChI is InChI=1S/C12H30N4/c1-2-10-16(11-7-14)12-9-15-8-5-3-4-6-13/h15H,2-14H2,1H3. The molecule has 0 unspecified atom stereocenters. The van der Waals surface area contributed by atoms with Gasteiger partial charge in [-0.2, -0.15) is 0 Å². The van der Waals surface area contributed by atoms with Crippen LogP contribution in [0.25, 0.3) is 0 Å². The van der Waals surface area contributed by atoms with Crippen LogP contribution in [0.1, 0.15) is 32.6 Å². The quantitative estimate of drug-likeness (QED) is 0.424. The molecule has 0 aromatic rings. The van der Waals surface area contributed by atoms with E-state index in [1.165, 1.54) is 19.3 Å². The lowest BCUT2D eigenvalue weighted by Crippen LogP contribution is -2.36. The lowest BCUT2D eigenvalue weighted by molar-refractivity contribution is 0.281. The summed E-state index contributed by atoms with van der Waals surface area (Å²) in [5, 5.41) is 3.47. The zero-order chi connectivity index (χ0) is 12.1. The molecular formula is C12H30N4. The van der Waals surface area contributed by atoms with Crippen LogP contribution in [-0.2, 0) is 0 Å². The Morgan fingerprint density at radius 3 is 2.31 bits per heavy atom. The van der Waals surface area contributed by atoms with Crippen LogP contribution in [0.2, 0.25) is 0 Å². The van der Waals surface area contributed by atoms with Gasteiger partial charge in [-0.15, -0.1) is 0 Å². The molecule has 5 N–H and O–H groups in total. The summed E-state index contributed by atoms with van der Waals surface area (Å²) in [4.78, 5) is 2.42. The third-order valence-electron chi connectivity index (χ3n) is 2.65. The number of nitrogens with two attached hydrogens (primary N) is 2. The van der Waals surface area contributed by atoms with Crippen LogP contribution in [0, 0.1) is 0 Å². The van der Waals surface area contributed by atoms with E-state index >= 15 is 0 Å². The van der Waals surface area contributed by atoms with Crippen LogP contribution >= 0.6 is 0 Å². The van der Waals surface area contributed by atoms with E-state index in [-0.39, 0.29) is 0 Å². The Balaban J connectivity index is 3.25. The van der Waals surface area contributed by atoms with Gasteiger partial charge in [-0.3, -0.25) is 0 Å². The predicted molar refractivity (Wildman–Crippen MR) is 71.6 cm³/mol. The van der Waals surface area contributed by atoms with Crippen molar-refractivity contribution in [3.8, 4) is 0 Å². The first-order valence-electron chi connectivity index (χ1n) is 6.68. The summed E-state index contributed by atoms with van der Waals surface area (Å²) in [6, 6.07) is 0. The lowest BCUT2D eigenvalue weighted by atomic mass is 10.2. The molecule has 16 heavy (non-hydrogen) atoms. The maximum absolute atomic E-state index is 5.57. The van der Waals surface area contributed by atoms with E-state index in [4.69, 9.17) is 11.5 Å². The minimum absolute atomic E-state index is 0.760. The van der Waals surface area contributed by atoms with Crippen molar-refractivity contribution in [1.82, 2.24) is 10.2 Å². The fourth-order valence-electron chi connectivity index (χ4n) is 1.77. The molecule has 0 amide bonds. The Labute approximate surface area is 101 Å². The van der Waals surface area contributed by atoms with Gasteiger partial charge in [0.25, 0.3) is 0 Å². The molecule has 0 heterocycles. The molecule has 0 bridgehead atoms. The van der Waals surface area contributed by atoms with Gasteiger partial charge in [0.1, 0.15) is 0 Å². The van der Waals surface area contributed by atoms with Gasteiger partial charge in [0, 0.05) is 26.2 Å². The van der Waals surface area contributed by atoms with Crippen LogP contribution in [0.5, 0.6) is 0 Å². The first kappa shape index (κ1) is 15.8. The monoisotopic (exact) mass is 230 g/mol. The highest BCUT2D eigenvalue weighted by atomic mass is 15.1. The molecule has 0 aromatic heterocycles. The van der Waals surface area contributed by atoms with Gasteiger partial charge in [0.05, 0.1) is 0 Å². The highest BCUT2D eigenvalue weighted by Crippen LogP contribution is 1.92. The third-order valence-corrected chi connectivity index (χ3v) is 2.65. The normalized spacial score (nSPS) is 11.2. The molecule has 0 rings (SSSR count). The highest BCUT2D eigenvalue weighted by molar-refractivity contribution is 4.60. The summed E-state index contributed by atoms with van der Waals surface area (Å²) in [5.74, 6) is 0. The molecule has 98 valence electrons. The maximum atomic E-state index is 5.57. The van der Waals surface area contributed by atoms with E-state index in [0.29, 0.717) is 0 Å². The fourth-order valence-corrected chi connectivity index (χ4v) is 1.77. The molecule has 0 saturated carbocycles. The molecule has 0 aliphatic rings. The van der Waals surface area contributed by atoms with Gasteiger partial charge in [-0.05, 0) is 38.9 Å². The van der Waals surface area contributed by atoms with Crippen molar-refractivity contribution in [3.05, 3.63) is 0 Å². The summed E-state index contributed by atoms with van der Waals surface area (Å²) in [6.45, 7) is 9.27. The molecule has 0 radical (unpaired) electrons. The summed E-state index contributed by atoms with van der Waals surface area (Å²) in [7, 11) is 0. The number of nitrogens with zero attached hydrogens (tertiary/aromatic N) is 1. The van der Waals surface area contributed by atoms with E-state index in [1.807, 2.05) is 0 Å². The Morgan fingerprint density at radius 2 is 1.69 bits per heavy atom. The van der Waals surface area contributed by atoms with E-state index in [9.17, 15) is 0 Å². The topological polar surface area (TPSA) is 67.3 Å². The van der Waals surface area contributed by atoms with Crippen LogP contribution < -0.4 is 16.8 Å². The molecule has 0 fully saturated rings. The van der Waals surface area contributed by atoms with Crippen molar-refractivity contribution >= 4 is 0 Å². The van der Waals surface area contributed by atoms with Crippen molar-refractivity contribution in [2.75, 3.05) is 45.8 Å². The number of hydrogen-bond acceptors (Lipinski definition) is 4. The number of nitrogens with one attached hydrogen (secondary N) is 1. The van der Waals surface area contributed by atoms with E-state index < -0.39 is 0 Å². The number of hydrogen-bond donors (Lipinski definition) is 3.